The van der Waals surface area contributed by atoms with Gasteiger partial charge in [0.1, 0.15) is 0 Å². The number of nitrogens with one attached hydrogen (secondary N) is 2. The van der Waals surface area contributed by atoms with E-state index in [1.54, 1.807) is 11.3 Å². The number of benzene rings is 1. The molecule has 1 saturated heterocycles. The maximum Gasteiger partial charge on any atom is 0.191 e. The average molecular weight is 498 g/mol. The molecule has 0 spiro atoms. The summed E-state index contributed by atoms with van der Waals surface area (Å²) in [5.41, 5.74) is 3.98. The Morgan fingerprint density at radius 1 is 0.926 bits per heavy atom. The standard InChI is InChI=1S/C21H30N4S.HI/c1-22-21(24-15-20-10-13-26-17-20)23-14-18-6-8-19(9-7-18)16-25-11-4-2-3-5-12-25;/h6-10,13,17H,2-5,11-12,14-16H2,1H3,(H2,22,23,24);1H. The predicted octanol–water partition coefficient (Wildman–Crippen LogP) is 4.61. The summed E-state index contributed by atoms with van der Waals surface area (Å²) >= 11 is 1.72. The third-order valence-corrected chi connectivity index (χ3v) is 5.58. The van der Waals surface area contributed by atoms with Crippen LogP contribution in [0.2, 0.25) is 0 Å². The fourth-order valence-electron chi connectivity index (χ4n) is 3.30. The topological polar surface area (TPSA) is 39.7 Å². The maximum atomic E-state index is 4.30. The first-order chi connectivity index (χ1) is 12.8. The van der Waals surface area contributed by atoms with Crippen LogP contribution in [0, 0.1) is 0 Å². The van der Waals surface area contributed by atoms with Crippen LogP contribution >= 0.6 is 35.3 Å². The van der Waals surface area contributed by atoms with Crippen molar-refractivity contribution in [1.29, 1.82) is 0 Å². The second-order valence-electron chi connectivity index (χ2n) is 6.92. The minimum Gasteiger partial charge on any atom is -0.352 e. The lowest BCUT2D eigenvalue weighted by atomic mass is 10.1. The summed E-state index contributed by atoms with van der Waals surface area (Å²) < 4.78 is 0. The van der Waals surface area contributed by atoms with Crippen LogP contribution in [0.4, 0.5) is 0 Å². The Morgan fingerprint density at radius 2 is 1.56 bits per heavy atom. The van der Waals surface area contributed by atoms with Gasteiger partial charge >= 0.3 is 0 Å². The maximum absolute atomic E-state index is 4.30. The highest BCUT2D eigenvalue weighted by molar-refractivity contribution is 14.0. The number of aliphatic imine (C=N–C) groups is 1. The summed E-state index contributed by atoms with van der Waals surface area (Å²) in [4.78, 5) is 6.89. The molecule has 0 aliphatic carbocycles. The summed E-state index contributed by atoms with van der Waals surface area (Å²) in [6, 6.07) is 11.1. The number of guanidine groups is 1. The number of hydrogen-bond donors (Lipinski definition) is 2. The predicted molar refractivity (Wildman–Crippen MR) is 127 cm³/mol. The number of hydrogen-bond acceptors (Lipinski definition) is 3. The number of halogens is 1. The van der Waals surface area contributed by atoms with Crippen LogP contribution in [0.1, 0.15) is 42.4 Å². The second-order valence-corrected chi connectivity index (χ2v) is 7.70. The molecule has 2 aromatic rings. The van der Waals surface area contributed by atoms with Gasteiger partial charge in [0.15, 0.2) is 5.96 Å². The first-order valence-corrected chi connectivity index (χ1v) is 10.5. The van der Waals surface area contributed by atoms with Crippen molar-refractivity contribution in [3.05, 3.63) is 57.8 Å². The van der Waals surface area contributed by atoms with E-state index >= 15 is 0 Å². The van der Waals surface area contributed by atoms with Crippen molar-refractivity contribution >= 4 is 41.3 Å². The molecule has 0 saturated carbocycles. The highest BCUT2D eigenvalue weighted by atomic mass is 127. The van der Waals surface area contributed by atoms with E-state index in [4.69, 9.17) is 0 Å². The summed E-state index contributed by atoms with van der Waals surface area (Å²) in [5, 5.41) is 11.0. The molecular formula is C21H31IN4S. The molecule has 2 N–H and O–H groups in total. The van der Waals surface area contributed by atoms with Gasteiger partial charge in [0.25, 0.3) is 0 Å². The minimum absolute atomic E-state index is 0. The molecule has 0 amide bonds. The van der Waals surface area contributed by atoms with E-state index in [1.165, 1.54) is 55.5 Å². The number of rotatable bonds is 6. The lowest BCUT2D eigenvalue weighted by molar-refractivity contribution is 0.277. The van der Waals surface area contributed by atoms with Gasteiger partial charge in [-0.3, -0.25) is 9.89 Å². The Balaban J connectivity index is 0.00000261. The molecule has 1 aromatic heterocycles. The fourth-order valence-corrected chi connectivity index (χ4v) is 3.97. The van der Waals surface area contributed by atoms with Crippen LogP contribution in [0.3, 0.4) is 0 Å². The van der Waals surface area contributed by atoms with Gasteiger partial charge in [-0.1, -0.05) is 37.1 Å². The Hall–Kier alpha value is -1.12. The van der Waals surface area contributed by atoms with Crippen molar-refractivity contribution in [3.63, 3.8) is 0 Å². The van der Waals surface area contributed by atoms with E-state index in [0.717, 1.165) is 25.6 Å². The zero-order valence-electron chi connectivity index (χ0n) is 16.1. The molecule has 4 nitrogen and oxygen atoms in total. The van der Waals surface area contributed by atoms with E-state index in [2.05, 4.69) is 61.6 Å². The molecule has 1 aliphatic rings. The molecule has 3 rings (SSSR count). The summed E-state index contributed by atoms with van der Waals surface area (Å²) in [6.07, 6.45) is 5.48. The zero-order chi connectivity index (χ0) is 18.0. The summed E-state index contributed by atoms with van der Waals surface area (Å²) in [5.74, 6) is 0.838. The minimum atomic E-state index is 0. The molecule has 1 fully saturated rings. The van der Waals surface area contributed by atoms with Gasteiger partial charge in [0, 0.05) is 26.7 Å². The normalized spacial score (nSPS) is 15.7. The van der Waals surface area contributed by atoms with Crippen LogP contribution in [0.5, 0.6) is 0 Å². The third kappa shape index (κ3) is 7.79. The van der Waals surface area contributed by atoms with Crippen LogP contribution in [0.25, 0.3) is 0 Å². The van der Waals surface area contributed by atoms with Gasteiger partial charge < -0.3 is 10.6 Å². The van der Waals surface area contributed by atoms with Crippen LogP contribution < -0.4 is 10.6 Å². The zero-order valence-corrected chi connectivity index (χ0v) is 19.3. The fraction of sp³-hybridized carbons (Fsp3) is 0.476. The highest BCUT2D eigenvalue weighted by Gasteiger charge is 2.09. The molecule has 1 aliphatic heterocycles. The molecule has 0 bridgehead atoms. The number of likely N-dealkylation sites (tertiary alicyclic amines) is 1. The molecule has 1 aromatic carbocycles. The largest absolute Gasteiger partial charge is 0.352 e. The Kier molecular flexibility index (Phi) is 10.2. The van der Waals surface area contributed by atoms with Gasteiger partial charge in [-0.25, -0.2) is 0 Å². The van der Waals surface area contributed by atoms with Gasteiger partial charge in [-0.05, 0) is 59.4 Å². The molecule has 148 valence electrons. The smallest absolute Gasteiger partial charge is 0.191 e. The summed E-state index contributed by atoms with van der Waals surface area (Å²) in [6.45, 7) is 5.16. The van der Waals surface area contributed by atoms with Gasteiger partial charge in [-0.2, -0.15) is 11.3 Å². The quantitative estimate of drug-likeness (QED) is 0.347. The SMILES string of the molecule is CN=C(NCc1ccc(CN2CCCCCC2)cc1)NCc1ccsc1.I. The van der Waals surface area contributed by atoms with Crippen LogP contribution in [-0.2, 0) is 19.6 Å². The van der Waals surface area contributed by atoms with Gasteiger partial charge in [0.05, 0.1) is 0 Å². The van der Waals surface area contributed by atoms with E-state index in [9.17, 15) is 0 Å². The Labute approximate surface area is 184 Å². The second kappa shape index (κ2) is 12.4. The van der Waals surface area contributed by atoms with Gasteiger partial charge in [0.2, 0.25) is 0 Å². The average Bonchev–Trinajstić information content (AvgIpc) is 3.06. The van der Waals surface area contributed by atoms with E-state index in [1.807, 2.05) is 7.05 Å². The van der Waals surface area contributed by atoms with E-state index in [0.29, 0.717) is 0 Å². The molecule has 2 heterocycles. The lowest BCUT2D eigenvalue weighted by Gasteiger charge is -2.20. The van der Waals surface area contributed by atoms with Gasteiger partial charge in [-0.15, -0.1) is 24.0 Å². The third-order valence-electron chi connectivity index (χ3n) is 4.85. The van der Waals surface area contributed by atoms with Crippen molar-refractivity contribution in [2.45, 2.75) is 45.3 Å². The molecule has 6 heteroatoms. The van der Waals surface area contributed by atoms with Crippen LogP contribution in [-0.4, -0.2) is 31.0 Å². The Bertz CT molecular complexity index is 662. The number of thiophene rings is 1. The van der Waals surface area contributed by atoms with Crippen molar-refractivity contribution in [2.24, 2.45) is 4.99 Å². The highest BCUT2D eigenvalue weighted by Crippen LogP contribution is 2.14. The van der Waals surface area contributed by atoms with Crippen LogP contribution in [0.15, 0.2) is 46.1 Å². The Morgan fingerprint density at radius 3 is 2.15 bits per heavy atom. The molecule has 0 atom stereocenters. The van der Waals surface area contributed by atoms with Crippen molar-refractivity contribution in [1.82, 2.24) is 15.5 Å². The van der Waals surface area contributed by atoms with E-state index < -0.39 is 0 Å². The lowest BCUT2D eigenvalue weighted by Crippen LogP contribution is -2.36. The molecule has 27 heavy (non-hydrogen) atoms. The van der Waals surface area contributed by atoms with E-state index in [-0.39, 0.29) is 24.0 Å². The number of nitrogens with zero attached hydrogens (tertiary/aromatic N) is 2. The molecule has 0 radical (unpaired) electrons. The van der Waals surface area contributed by atoms with Crippen molar-refractivity contribution in [2.75, 3.05) is 20.1 Å². The molecule has 0 unspecified atom stereocenters. The van der Waals surface area contributed by atoms with Crippen molar-refractivity contribution in [3.8, 4) is 0 Å². The first-order valence-electron chi connectivity index (χ1n) is 9.59. The summed E-state index contributed by atoms with van der Waals surface area (Å²) in [7, 11) is 1.81. The monoisotopic (exact) mass is 498 g/mol. The first kappa shape index (κ1) is 22.2. The molecular weight excluding hydrogens is 467 g/mol. The van der Waals surface area contributed by atoms with Crippen molar-refractivity contribution < 1.29 is 0 Å².